The SMILES string of the molecule is CN(O)c1ccc(Br)o1. The van der Waals surface area contributed by atoms with E-state index < -0.39 is 0 Å². The Morgan fingerprint density at radius 3 is 2.56 bits per heavy atom. The van der Waals surface area contributed by atoms with E-state index in [0.717, 1.165) is 5.06 Å². The van der Waals surface area contributed by atoms with Gasteiger partial charge in [0.25, 0.3) is 0 Å². The van der Waals surface area contributed by atoms with Crippen molar-refractivity contribution in [2.75, 3.05) is 12.1 Å². The number of hydrogen-bond donors (Lipinski definition) is 1. The van der Waals surface area contributed by atoms with Crippen molar-refractivity contribution in [3.8, 4) is 0 Å². The third kappa shape index (κ3) is 1.46. The standard InChI is InChI=1S/C5H6BrNO2/c1-7(8)5-3-2-4(6)9-5/h2-3,8H,1H3. The molecule has 9 heavy (non-hydrogen) atoms. The summed E-state index contributed by atoms with van der Waals surface area (Å²) in [7, 11) is 1.49. The number of furan rings is 1. The van der Waals surface area contributed by atoms with Crippen molar-refractivity contribution in [2.24, 2.45) is 0 Å². The van der Waals surface area contributed by atoms with E-state index in [1.54, 1.807) is 12.1 Å². The van der Waals surface area contributed by atoms with Crippen LogP contribution in [0.3, 0.4) is 0 Å². The smallest absolute Gasteiger partial charge is 0.220 e. The third-order valence-corrected chi connectivity index (χ3v) is 1.30. The van der Waals surface area contributed by atoms with Crippen LogP contribution >= 0.6 is 15.9 Å². The molecule has 1 heterocycles. The van der Waals surface area contributed by atoms with Crippen molar-refractivity contribution in [1.82, 2.24) is 0 Å². The van der Waals surface area contributed by atoms with Gasteiger partial charge in [0, 0.05) is 13.1 Å². The highest BCUT2D eigenvalue weighted by Gasteiger charge is 2.00. The van der Waals surface area contributed by atoms with Crippen molar-refractivity contribution >= 4 is 21.8 Å². The summed E-state index contributed by atoms with van der Waals surface area (Å²) in [5, 5.41) is 9.66. The van der Waals surface area contributed by atoms with E-state index >= 15 is 0 Å². The van der Waals surface area contributed by atoms with E-state index in [1.807, 2.05) is 0 Å². The first kappa shape index (κ1) is 6.64. The summed E-state index contributed by atoms with van der Waals surface area (Å²) >= 11 is 3.10. The molecule has 50 valence electrons. The summed E-state index contributed by atoms with van der Waals surface area (Å²) in [6.45, 7) is 0. The number of nitrogens with zero attached hydrogens (tertiary/aromatic N) is 1. The number of halogens is 1. The normalized spacial score (nSPS) is 9.67. The Bertz CT molecular complexity index is 197. The molecule has 0 aliphatic carbocycles. The summed E-state index contributed by atoms with van der Waals surface area (Å²) in [6, 6.07) is 3.37. The molecular weight excluding hydrogens is 186 g/mol. The molecule has 0 saturated carbocycles. The average molecular weight is 192 g/mol. The van der Waals surface area contributed by atoms with Crippen molar-refractivity contribution in [2.45, 2.75) is 0 Å². The van der Waals surface area contributed by atoms with Crippen LogP contribution in [0.15, 0.2) is 21.2 Å². The Balaban J connectivity index is 2.85. The highest BCUT2D eigenvalue weighted by atomic mass is 79.9. The van der Waals surface area contributed by atoms with E-state index in [2.05, 4.69) is 15.9 Å². The molecule has 0 saturated heterocycles. The quantitative estimate of drug-likeness (QED) is 0.690. The second-order valence-electron chi connectivity index (χ2n) is 1.60. The van der Waals surface area contributed by atoms with Gasteiger partial charge >= 0.3 is 0 Å². The number of hydroxylamine groups is 1. The lowest BCUT2D eigenvalue weighted by Crippen LogP contribution is -2.07. The Kier molecular flexibility index (Phi) is 1.78. The van der Waals surface area contributed by atoms with Gasteiger partial charge in [-0.05, 0) is 22.0 Å². The minimum absolute atomic E-state index is 0.418. The van der Waals surface area contributed by atoms with E-state index in [9.17, 15) is 0 Å². The summed E-state index contributed by atoms with van der Waals surface area (Å²) in [5.74, 6) is 0.418. The monoisotopic (exact) mass is 191 g/mol. The first-order valence-corrected chi connectivity index (χ1v) is 3.17. The van der Waals surface area contributed by atoms with Gasteiger partial charge in [0.1, 0.15) is 0 Å². The molecule has 0 unspecified atom stereocenters. The number of rotatable bonds is 1. The molecule has 0 atom stereocenters. The fourth-order valence-corrected chi connectivity index (χ4v) is 0.777. The zero-order valence-corrected chi connectivity index (χ0v) is 6.42. The first-order chi connectivity index (χ1) is 4.20. The maximum Gasteiger partial charge on any atom is 0.220 e. The van der Waals surface area contributed by atoms with Crippen molar-refractivity contribution in [1.29, 1.82) is 0 Å². The molecule has 0 aliphatic rings. The van der Waals surface area contributed by atoms with Gasteiger partial charge < -0.3 is 4.42 Å². The number of hydrogen-bond acceptors (Lipinski definition) is 3. The molecule has 0 bridgehead atoms. The molecule has 1 N–H and O–H groups in total. The van der Waals surface area contributed by atoms with Gasteiger partial charge in [0.05, 0.1) is 0 Å². The highest BCUT2D eigenvalue weighted by Crippen LogP contribution is 2.19. The number of anilines is 1. The largest absolute Gasteiger partial charge is 0.432 e. The van der Waals surface area contributed by atoms with Crippen LogP contribution in [0.25, 0.3) is 0 Å². The first-order valence-electron chi connectivity index (χ1n) is 2.38. The van der Waals surface area contributed by atoms with E-state index in [1.165, 1.54) is 7.05 Å². The van der Waals surface area contributed by atoms with Crippen LogP contribution in [0, 0.1) is 0 Å². The van der Waals surface area contributed by atoms with Crippen LogP contribution in [0.2, 0.25) is 0 Å². The summed E-state index contributed by atoms with van der Waals surface area (Å²) in [5.41, 5.74) is 0. The third-order valence-electron chi connectivity index (χ3n) is 0.878. The van der Waals surface area contributed by atoms with E-state index in [4.69, 9.17) is 9.62 Å². The fourth-order valence-electron chi connectivity index (χ4n) is 0.479. The van der Waals surface area contributed by atoms with E-state index in [0.29, 0.717) is 10.6 Å². The molecule has 0 aromatic carbocycles. The van der Waals surface area contributed by atoms with Crippen LogP contribution in [0.1, 0.15) is 0 Å². The molecule has 1 aromatic heterocycles. The Morgan fingerprint density at radius 1 is 1.67 bits per heavy atom. The summed E-state index contributed by atoms with van der Waals surface area (Å²) < 4.78 is 5.55. The topological polar surface area (TPSA) is 36.6 Å². The lowest BCUT2D eigenvalue weighted by molar-refractivity contribution is 0.255. The molecule has 1 rings (SSSR count). The maximum absolute atomic E-state index is 8.76. The minimum Gasteiger partial charge on any atom is -0.432 e. The molecule has 0 fully saturated rings. The second kappa shape index (κ2) is 2.41. The minimum atomic E-state index is 0.418. The predicted octanol–water partition coefficient (Wildman–Crippen LogP) is 1.87. The zero-order valence-electron chi connectivity index (χ0n) is 4.84. The molecule has 3 nitrogen and oxygen atoms in total. The van der Waals surface area contributed by atoms with Gasteiger partial charge in [-0.2, -0.15) is 0 Å². The van der Waals surface area contributed by atoms with Gasteiger partial charge in [-0.15, -0.1) is 0 Å². The zero-order chi connectivity index (χ0) is 6.85. The fraction of sp³-hybridized carbons (Fsp3) is 0.200. The van der Waals surface area contributed by atoms with Crippen LogP contribution < -0.4 is 5.06 Å². The van der Waals surface area contributed by atoms with Crippen molar-refractivity contribution < 1.29 is 9.62 Å². The Morgan fingerprint density at radius 2 is 2.33 bits per heavy atom. The van der Waals surface area contributed by atoms with Crippen LogP contribution in [-0.4, -0.2) is 12.3 Å². The van der Waals surface area contributed by atoms with E-state index in [-0.39, 0.29) is 0 Å². The molecule has 0 radical (unpaired) electrons. The Hall–Kier alpha value is -0.480. The van der Waals surface area contributed by atoms with Gasteiger partial charge in [0.15, 0.2) is 4.67 Å². The van der Waals surface area contributed by atoms with Crippen LogP contribution in [-0.2, 0) is 0 Å². The van der Waals surface area contributed by atoms with Gasteiger partial charge in [-0.25, -0.2) is 5.06 Å². The molecule has 4 heteroatoms. The van der Waals surface area contributed by atoms with Gasteiger partial charge in [0.2, 0.25) is 5.88 Å². The summed E-state index contributed by atoms with van der Waals surface area (Å²) in [4.78, 5) is 0. The summed E-state index contributed by atoms with van der Waals surface area (Å²) in [6.07, 6.45) is 0. The lowest BCUT2D eigenvalue weighted by Gasteiger charge is -2.02. The second-order valence-corrected chi connectivity index (χ2v) is 2.38. The molecule has 1 aromatic rings. The molecule has 0 spiro atoms. The van der Waals surface area contributed by atoms with Gasteiger partial charge in [-0.3, -0.25) is 5.21 Å². The van der Waals surface area contributed by atoms with Crippen LogP contribution in [0.4, 0.5) is 5.88 Å². The average Bonchev–Trinajstić information content (AvgIpc) is 2.14. The predicted molar refractivity (Wildman–Crippen MR) is 36.6 cm³/mol. The van der Waals surface area contributed by atoms with Crippen molar-refractivity contribution in [3.05, 3.63) is 16.8 Å². The highest BCUT2D eigenvalue weighted by molar-refractivity contribution is 9.10. The molecular formula is C5H6BrNO2. The lowest BCUT2D eigenvalue weighted by atomic mass is 10.6. The molecule has 0 amide bonds. The molecule has 0 aliphatic heterocycles. The Labute approximate surface area is 61.0 Å². The van der Waals surface area contributed by atoms with Crippen molar-refractivity contribution in [3.63, 3.8) is 0 Å². The van der Waals surface area contributed by atoms with Gasteiger partial charge in [-0.1, -0.05) is 0 Å². The van der Waals surface area contributed by atoms with Crippen LogP contribution in [0.5, 0.6) is 0 Å². The maximum atomic E-state index is 8.76.